The van der Waals surface area contributed by atoms with E-state index in [0.29, 0.717) is 21.8 Å². The van der Waals surface area contributed by atoms with Crippen molar-refractivity contribution in [1.82, 2.24) is 5.32 Å². The quantitative estimate of drug-likeness (QED) is 0.865. The van der Waals surface area contributed by atoms with E-state index in [1.54, 1.807) is 13.0 Å². The minimum atomic E-state index is -0.338. The predicted molar refractivity (Wildman–Crippen MR) is 77.3 cm³/mol. The molecule has 4 nitrogen and oxygen atoms in total. The molecule has 2 amide bonds. The van der Waals surface area contributed by atoms with Gasteiger partial charge in [0.05, 0.1) is 22.7 Å². The highest BCUT2D eigenvalue weighted by atomic mass is 79.9. The molecule has 6 heteroatoms. The zero-order valence-corrected chi connectivity index (χ0v) is 12.7. The van der Waals surface area contributed by atoms with Gasteiger partial charge in [-0.2, -0.15) is 0 Å². The molecule has 1 aromatic carbocycles. The third kappa shape index (κ3) is 2.67. The van der Waals surface area contributed by atoms with Crippen LogP contribution >= 0.6 is 15.9 Å². The Kier molecular flexibility index (Phi) is 3.69. The number of nitrogens with one attached hydrogen (secondary N) is 2. The smallest absolute Gasteiger partial charge is 0.319 e. The lowest BCUT2D eigenvalue weighted by Crippen LogP contribution is -2.43. The Hall–Kier alpha value is -1.14. The molecule has 2 fully saturated rings. The van der Waals surface area contributed by atoms with Crippen LogP contribution in [0.25, 0.3) is 0 Å². The maximum Gasteiger partial charge on any atom is 0.319 e. The van der Waals surface area contributed by atoms with E-state index in [9.17, 15) is 9.18 Å². The fourth-order valence-corrected chi connectivity index (χ4v) is 3.24. The fraction of sp³-hybridized carbons (Fsp3) is 0.500. The Balaban J connectivity index is 1.63. The number of halogens is 2. The third-order valence-electron chi connectivity index (χ3n) is 3.94. The van der Waals surface area contributed by atoms with Crippen molar-refractivity contribution in [3.05, 3.63) is 28.0 Å². The molecule has 0 aromatic heterocycles. The highest BCUT2D eigenvalue weighted by Gasteiger charge is 2.41. The number of rotatable bonds is 2. The second-order valence-corrected chi connectivity index (χ2v) is 6.25. The lowest BCUT2D eigenvalue weighted by molar-refractivity contribution is 0.0984. The second kappa shape index (κ2) is 5.33. The van der Waals surface area contributed by atoms with Crippen LogP contribution in [-0.2, 0) is 4.74 Å². The summed E-state index contributed by atoms with van der Waals surface area (Å²) >= 11 is 3.12. The number of carbonyl (C=O) groups excluding carboxylic acids is 1. The van der Waals surface area contributed by atoms with E-state index in [4.69, 9.17) is 4.74 Å². The van der Waals surface area contributed by atoms with Crippen LogP contribution in [0.3, 0.4) is 0 Å². The molecule has 3 rings (SSSR count). The van der Waals surface area contributed by atoms with Crippen LogP contribution in [0.2, 0.25) is 0 Å². The lowest BCUT2D eigenvalue weighted by atomic mass is 9.96. The van der Waals surface area contributed by atoms with Crippen molar-refractivity contribution < 1.29 is 13.9 Å². The average molecular weight is 343 g/mol. The van der Waals surface area contributed by atoms with Gasteiger partial charge >= 0.3 is 6.03 Å². The topological polar surface area (TPSA) is 50.4 Å². The molecule has 0 unspecified atom stereocenters. The maximum absolute atomic E-state index is 13.3. The van der Waals surface area contributed by atoms with Crippen LogP contribution < -0.4 is 10.6 Å². The Labute approximate surface area is 125 Å². The normalized spacial score (nSPS) is 27.6. The highest BCUT2D eigenvalue weighted by molar-refractivity contribution is 9.10. The van der Waals surface area contributed by atoms with Gasteiger partial charge in [0.1, 0.15) is 5.82 Å². The SMILES string of the molecule is Cc1cc(F)c(Br)cc1NC(=O)N[C@@H]1C[C@H]2CC[C@H]1O2. The van der Waals surface area contributed by atoms with Crippen LogP contribution in [0.4, 0.5) is 14.9 Å². The molecule has 3 atom stereocenters. The van der Waals surface area contributed by atoms with Crippen molar-refractivity contribution in [3.63, 3.8) is 0 Å². The van der Waals surface area contributed by atoms with Crippen LogP contribution in [0.5, 0.6) is 0 Å². The number of benzene rings is 1. The van der Waals surface area contributed by atoms with E-state index in [-0.39, 0.29) is 24.0 Å². The van der Waals surface area contributed by atoms with E-state index in [1.165, 1.54) is 6.07 Å². The zero-order valence-electron chi connectivity index (χ0n) is 11.1. The molecule has 2 saturated heterocycles. The van der Waals surface area contributed by atoms with Crippen LogP contribution in [0.15, 0.2) is 16.6 Å². The number of amides is 2. The first-order valence-corrected chi connectivity index (χ1v) is 7.51. The second-order valence-electron chi connectivity index (χ2n) is 5.40. The first-order valence-electron chi connectivity index (χ1n) is 6.71. The van der Waals surface area contributed by atoms with Crippen molar-refractivity contribution in [1.29, 1.82) is 0 Å². The Morgan fingerprint density at radius 2 is 2.25 bits per heavy atom. The number of ether oxygens (including phenoxy) is 1. The van der Waals surface area contributed by atoms with Gasteiger partial charge in [-0.05, 0) is 59.8 Å². The number of carbonyl (C=O) groups is 1. The minimum absolute atomic E-state index is 0.0814. The first-order chi connectivity index (χ1) is 9.52. The summed E-state index contributed by atoms with van der Waals surface area (Å²) in [4.78, 5) is 12.0. The molecule has 2 N–H and O–H groups in total. The van der Waals surface area contributed by atoms with Crippen LogP contribution in [0.1, 0.15) is 24.8 Å². The van der Waals surface area contributed by atoms with Crippen molar-refractivity contribution >= 4 is 27.6 Å². The van der Waals surface area contributed by atoms with Crippen LogP contribution in [-0.4, -0.2) is 24.3 Å². The standard InChI is InChI=1S/C14H16BrFN2O2/c1-7-4-10(16)9(15)6-11(7)17-14(19)18-12-5-8-2-3-13(12)20-8/h4,6,8,12-13H,2-3,5H2,1H3,(H2,17,18,19)/t8-,12-,13-/m1/s1. The molecule has 0 aliphatic carbocycles. The molecule has 1 aromatic rings. The number of urea groups is 1. The molecule has 0 saturated carbocycles. The van der Waals surface area contributed by atoms with Crippen molar-refractivity contribution in [3.8, 4) is 0 Å². The molecule has 2 bridgehead atoms. The Bertz CT molecular complexity index is 552. The van der Waals surface area contributed by atoms with Gasteiger partial charge in [0.2, 0.25) is 0 Å². The highest BCUT2D eigenvalue weighted by Crippen LogP contribution is 2.34. The summed E-state index contributed by atoms with van der Waals surface area (Å²) in [7, 11) is 0. The number of fused-ring (bicyclic) bond motifs is 2. The van der Waals surface area contributed by atoms with Gasteiger partial charge < -0.3 is 15.4 Å². The molecule has 2 aliphatic heterocycles. The van der Waals surface area contributed by atoms with E-state index >= 15 is 0 Å². The molecule has 2 aliphatic rings. The van der Waals surface area contributed by atoms with Crippen molar-refractivity contribution in [2.75, 3.05) is 5.32 Å². The monoisotopic (exact) mass is 342 g/mol. The largest absolute Gasteiger partial charge is 0.373 e. The van der Waals surface area contributed by atoms with Gasteiger partial charge in [-0.15, -0.1) is 0 Å². The minimum Gasteiger partial charge on any atom is -0.373 e. The molecule has 20 heavy (non-hydrogen) atoms. The number of hydrogen-bond donors (Lipinski definition) is 2. The lowest BCUT2D eigenvalue weighted by Gasteiger charge is -2.20. The van der Waals surface area contributed by atoms with Crippen molar-refractivity contribution in [2.24, 2.45) is 0 Å². The Morgan fingerprint density at radius 3 is 2.90 bits per heavy atom. The van der Waals surface area contributed by atoms with E-state index in [1.807, 2.05) is 0 Å². The fourth-order valence-electron chi connectivity index (χ4n) is 2.90. The third-order valence-corrected chi connectivity index (χ3v) is 4.55. The first kappa shape index (κ1) is 13.8. The maximum atomic E-state index is 13.3. The number of aryl methyl sites for hydroxylation is 1. The molecule has 0 radical (unpaired) electrons. The van der Waals surface area contributed by atoms with Gasteiger partial charge in [-0.25, -0.2) is 9.18 Å². The summed E-state index contributed by atoms with van der Waals surface area (Å²) in [5.74, 6) is -0.338. The summed E-state index contributed by atoms with van der Waals surface area (Å²) in [5, 5.41) is 5.70. The van der Waals surface area contributed by atoms with Gasteiger partial charge in [0, 0.05) is 5.69 Å². The zero-order chi connectivity index (χ0) is 14.3. The summed E-state index contributed by atoms with van der Waals surface area (Å²) in [5.41, 5.74) is 1.28. The number of hydrogen-bond acceptors (Lipinski definition) is 2. The van der Waals surface area contributed by atoms with Crippen LogP contribution in [0, 0.1) is 12.7 Å². The van der Waals surface area contributed by atoms with Gasteiger partial charge in [-0.3, -0.25) is 0 Å². The molecular weight excluding hydrogens is 327 g/mol. The van der Waals surface area contributed by atoms with Crippen molar-refractivity contribution in [2.45, 2.75) is 44.4 Å². The number of anilines is 1. The van der Waals surface area contributed by atoms with Gasteiger partial charge in [0.15, 0.2) is 0 Å². The van der Waals surface area contributed by atoms with Gasteiger partial charge in [-0.1, -0.05) is 0 Å². The molecule has 0 spiro atoms. The van der Waals surface area contributed by atoms with E-state index < -0.39 is 0 Å². The van der Waals surface area contributed by atoms with E-state index in [0.717, 1.165) is 19.3 Å². The summed E-state index contributed by atoms with van der Waals surface area (Å²) in [6.07, 6.45) is 3.42. The Morgan fingerprint density at radius 1 is 1.45 bits per heavy atom. The average Bonchev–Trinajstić information content (AvgIpc) is 2.98. The summed E-state index contributed by atoms with van der Waals surface area (Å²) in [6, 6.07) is 2.77. The predicted octanol–water partition coefficient (Wildman–Crippen LogP) is 3.34. The summed E-state index contributed by atoms with van der Waals surface area (Å²) < 4.78 is 19.4. The van der Waals surface area contributed by atoms with Gasteiger partial charge in [0.25, 0.3) is 0 Å². The molecule has 108 valence electrons. The molecule has 2 heterocycles. The van der Waals surface area contributed by atoms with E-state index in [2.05, 4.69) is 26.6 Å². The molecular formula is C14H16BrFN2O2. The summed E-state index contributed by atoms with van der Waals surface area (Å²) in [6.45, 7) is 1.76.